The van der Waals surface area contributed by atoms with Gasteiger partial charge in [-0.1, -0.05) is 0 Å². The molecule has 7 nitrogen and oxygen atoms in total. The standard InChI is InChI=1S/C26H20B2F2N4O3/c1-33-11-18-16(4-5-22(23(18)32-33)37-15-6-8-36-13-15)14-9-20(29)19(21(30)10-14)12-34-25(35)17-3-2-7-31-24(17)26(34,27)28/h2-5,7,9-11,15H,6,8,12-13H2,1H3. The van der Waals surface area contributed by atoms with Gasteiger partial charge < -0.3 is 14.4 Å². The number of carbonyl (C=O) groups excluding carboxylic acids is 1. The summed E-state index contributed by atoms with van der Waals surface area (Å²) in [6.45, 7) is 0.681. The van der Waals surface area contributed by atoms with Crippen LogP contribution >= 0.6 is 0 Å². The number of pyridine rings is 1. The van der Waals surface area contributed by atoms with Gasteiger partial charge in [-0.2, -0.15) is 5.10 Å². The molecule has 4 heterocycles. The third kappa shape index (κ3) is 3.89. The molecule has 2 aliphatic heterocycles. The highest BCUT2D eigenvalue weighted by molar-refractivity contribution is 6.42. The molecule has 1 amide bonds. The van der Waals surface area contributed by atoms with Crippen LogP contribution in [0.4, 0.5) is 8.78 Å². The van der Waals surface area contributed by atoms with E-state index in [9.17, 15) is 4.79 Å². The lowest BCUT2D eigenvalue weighted by Gasteiger charge is -2.33. The second kappa shape index (κ2) is 8.69. The lowest BCUT2D eigenvalue weighted by Crippen LogP contribution is -2.45. The largest absolute Gasteiger partial charge is 0.486 e. The number of aryl methyl sites for hydroxylation is 1. The van der Waals surface area contributed by atoms with Gasteiger partial charge in [0.1, 0.15) is 29.0 Å². The maximum absolute atomic E-state index is 15.4. The molecule has 0 saturated carbocycles. The summed E-state index contributed by atoms with van der Waals surface area (Å²) in [5.41, 5.74) is 1.52. The zero-order valence-electron chi connectivity index (χ0n) is 19.9. The fourth-order valence-corrected chi connectivity index (χ4v) is 4.94. The van der Waals surface area contributed by atoms with E-state index in [-0.39, 0.29) is 22.9 Å². The molecule has 6 rings (SSSR count). The summed E-state index contributed by atoms with van der Waals surface area (Å²) in [7, 11) is 14.1. The van der Waals surface area contributed by atoms with Crippen molar-refractivity contribution in [1.29, 1.82) is 0 Å². The van der Waals surface area contributed by atoms with Crippen LogP contribution in [0.2, 0.25) is 0 Å². The quantitative estimate of drug-likeness (QED) is 0.398. The van der Waals surface area contributed by atoms with Crippen LogP contribution in [0.15, 0.2) is 48.8 Å². The van der Waals surface area contributed by atoms with Crippen molar-refractivity contribution in [1.82, 2.24) is 19.7 Å². The van der Waals surface area contributed by atoms with Gasteiger partial charge in [0.25, 0.3) is 5.91 Å². The molecular formula is C26H20B2F2N4O3. The smallest absolute Gasteiger partial charge is 0.255 e. The summed E-state index contributed by atoms with van der Waals surface area (Å²) in [5, 5.41) is 3.39. The van der Waals surface area contributed by atoms with Crippen molar-refractivity contribution in [3.63, 3.8) is 0 Å². The first kappa shape index (κ1) is 23.7. The Labute approximate surface area is 214 Å². The number of carbonyl (C=O) groups is 1. The lowest BCUT2D eigenvalue weighted by molar-refractivity contribution is 0.0727. The van der Waals surface area contributed by atoms with Crippen LogP contribution in [-0.4, -0.2) is 60.6 Å². The number of ether oxygens (including phenoxy) is 2. The van der Waals surface area contributed by atoms with E-state index in [0.717, 1.165) is 11.3 Å². The highest BCUT2D eigenvalue weighted by atomic mass is 19.1. The molecule has 1 fully saturated rings. The van der Waals surface area contributed by atoms with Gasteiger partial charge >= 0.3 is 0 Å². The molecule has 2 aromatic carbocycles. The van der Waals surface area contributed by atoms with Gasteiger partial charge in [-0.25, -0.2) is 8.78 Å². The van der Waals surface area contributed by atoms with E-state index in [4.69, 9.17) is 25.2 Å². The predicted molar refractivity (Wildman–Crippen MR) is 133 cm³/mol. The van der Waals surface area contributed by atoms with Crippen molar-refractivity contribution in [2.45, 2.75) is 24.4 Å². The Morgan fingerprint density at radius 3 is 2.68 bits per heavy atom. The summed E-state index contributed by atoms with van der Waals surface area (Å²) in [6, 6.07) is 9.06. The van der Waals surface area contributed by atoms with Crippen molar-refractivity contribution in [3.05, 3.63) is 77.2 Å². The Kier molecular flexibility index (Phi) is 5.56. The fraction of sp³-hybridized carbons (Fsp3) is 0.269. The normalized spacial score (nSPS) is 18.5. The Balaban J connectivity index is 1.35. The first-order valence-electron chi connectivity index (χ1n) is 11.8. The van der Waals surface area contributed by atoms with Gasteiger partial charge in [0.05, 0.1) is 46.7 Å². The minimum Gasteiger partial charge on any atom is -0.486 e. The van der Waals surface area contributed by atoms with Gasteiger partial charge in [0.15, 0.2) is 0 Å². The van der Waals surface area contributed by atoms with Crippen LogP contribution in [0.25, 0.3) is 22.0 Å². The van der Waals surface area contributed by atoms with Gasteiger partial charge in [0.2, 0.25) is 0 Å². The number of hydrogen-bond donors (Lipinski definition) is 0. The summed E-state index contributed by atoms with van der Waals surface area (Å²) in [4.78, 5) is 18.0. The number of fused-ring (bicyclic) bond motifs is 2. The van der Waals surface area contributed by atoms with Crippen LogP contribution in [0.3, 0.4) is 0 Å². The Bertz CT molecular complexity index is 1530. The number of halogens is 2. The maximum atomic E-state index is 15.4. The number of hydrogen-bond acceptors (Lipinski definition) is 5. The highest BCUT2D eigenvalue weighted by Crippen LogP contribution is 2.38. The van der Waals surface area contributed by atoms with Crippen molar-refractivity contribution in [2.75, 3.05) is 13.2 Å². The first-order valence-corrected chi connectivity index (χ1v) is 11.8. The molecule has 0 spiro atoms. The van der Waals surface area contributed by atoms with Gasteiger partial charge in [0, 0.05) is 42.1 Å². The van der Waals surface area contributed by atoms with Crippen LogP contribution < -0.4 is 4.74 Å². The number of aromatic nitrogens is 3. The van der Waals surface area contributed by atoms with Crippen LogP contribution in [0, 0.1) is 11.6 Å². The van der Waals surface area contributed by atoms with Crippen molar-refractivity contribution in [3.8, 4) is 16.9 Å². The molecule has 0 aliphatic carbocycles. The number of nitrogens with zero attached hydrogens (tertiary/aromatic N) is 4. The third-order valence-electron chi connectivity index (χ3n) is 6.81. The number of rotatable bonds is 5. The molecule has 182 valence electrons. The molecule has 1 saturated heterocycles. The summed E-state index contributed by atoms with van der Waals surface area (Å²) >= 11 is 0. The van der Waals surface area contributed by atoms with E-state index >= 15 is 8.78 Å². The van der Waals surface area contributed by atoms with Crippen molar-refractivity contribution in [2.24, 2.45) is 7.05 Å². The minimum atomic E-state index is -1.80. The molecule has 4 radical (unpaired) electrons. The maximum Gasteiger partial charge on any atom is 0.255 e. The van der Waals surface area contributed by atoms with Crippen molar-refractivity contribution < 1.29 is 23.0 Å². The molecule has 1 atom stereocenters. The Morgan fingerprint density at radius 1 is 1.19 bits per heavy atom. The molecule has 2 aliphatic rings. The molecule has 0 N–H and O–H groups in total. The third-order valence-corrected chi connectivity index (χ3v) is 6.81. The number of benzene rings is 2. The molecule has 37 heavy (non-hydrogen) atoms. The monoisotopic (exact) mass is 496 g/mol. The number of amides is 1. The summed E-state index contributed by atoms with van der Waals surface area (Å²) < 4.78 is 43.8. The summed E-state index contributed by atoms with van der Waals surface area (Å²) in [6.07, 6.45) is 3.94. The Morgan fingerprint density at radius 2 is 1.97 bits per heavy atom. The molecule has 0 bridgehead atoms. The minimum absolute atomic E-state index is 0.0722. The lowest BCUT2D eigenvalue weighted by atomic mass is 9.59. The Hall–Kier alpha value is -3.72. The van der Waals surface area contributed by atoms with E-state index < -0.39 is 29.4 Å². The van der Waals surface area contributed by atoms with Crippen LogP contribution in [0.5, 0.6) is 5.75 Å². The van der Waals surface area contributed by atoms with Crippen molar-refractivity contribution >= 4 is 32.5 Å². The second-order valence-corrected chi connectivity index (χ2v) is 9.31. The average molecular weight is 496 g/mol. The van der Waals surface area contributed by atoms with E-state index in [1.807, 2.05) is 0 Å². The highest BCUT2D eigenvalue weighted by Gasteiger charge is 2.43. The van der Waals surface area contributed by atoms with Crippen LogP contribution in [0.1, 0.15) is 28.0 Å². The van der Waals surface area contributed by atoms with Crippen LogP contribution in [-0.2, 0) is 23.7 Å². The molecule has 4 aromatic rings. The SMILES string of the molecule is [B]C1([B])c2ncccc2C(=O)N1Cc1c(F)cc(-c2ccc(OC3CCOC3)c3nn(C)cc23)cc1F. The van der Waals surface area contributed by atoms with E-state index in [2.05, 4.69) is 10.1 Å². The first-order chi connectivity index (χ1) is 17.7. The van der Waals surface area contributed by atoms with E-state index in [1.165, 1.54) is 24.4 Å². The van der Waals surface area contributed by atoms with Gasteiger partial charge in [-0.15, -0.1) is 0 Å². The molecule has 1 unspecified atom stereocenters. The van der Waals surface area contributed by atoms with E-state index in [1.54, 1.807) is 36.1 Å². The zero-order chi connectivity index (χ0) is 25.9. The fourth-order valence-electron chi connectivity index (χ4n) is 4.94. The molecule has 2 aromatic heterocycles. The average Bonchev–Trinajstić information content (AvgIpc) is 3.56. The van der Waals surface area contributed by atoms with E-state index in [0.29, 0.717) is 41.0 Å². The summed E-state index contributed by atoms with van der Waals surface area (Å²) in [5.74, 6) is -1.63. The zero-order valence-corrected chi connectivity index (χ0v) is 19.9. The second-order valence-electron chi connectivity index (χ2n) is 9.31. The van der Waals surface area contributed by atoms with Gasteiger partial charge in [-0.3, -0.25) is 14.5 Å². The molecule has 11 heteroatoms. The van der Waals surface area contributed by atoms with Gasteiger partial charge in [-0.05, 0) is 47.5 Å². The predicted octanol–water partition coefficient (Wildman–Crippen LogP) is 3.18. The topological polar surface area (TPSA) is 69.5 Å². The molecular weight excluding hydrogens is 476 g/mol.